The van der Waals surface area contributed by atoms with E-state index in [0.29, 0.717) is 18.7 Å². The molecule has 1 heterocycles. The number of nitrogens with two attached hydrogens (primary N) is 1. The van der Waals surface area contributed by atoms with Crippen LogP contribution in [0.15, 0.2) is 23.1 Å². The lowest BCUT2D eigenvalue weighted by Crippen LogP contribution is -2.32. The zero-order valence-corrected chi connectivity index (χ0v) is 12.7. The van der Waals surface area contributed by atoms with Crippen LogP contribution in [0.2, 0.25) is 0 Å². The van der Waals surface area contributed by atoms with Gasteiger partial charge in [-0.15, -0.1) is 0 Å². The molecular formula is C14H21FN2O2S. The van der Waals surface area contributed by atoms with Crippen molar-refractivity contribution >= 4 is 10.0 Å². The van der Waals surface area contributed by atoms with Crippen LogP contribution >= 0.6 is 0 Å². The summed E-state index contributed by atoms with van der Waals surface area (Å²) < 4.78 is 39.9. The minimum atomic E-state index is -3.65. The summed E-state index contributed by atoms with van der Waals surface area (Å²) in [6, 6.07) is 3.89. The first-order chi connectivity index (χ1) is 9.36. The summed E-state index contributed by atoms with van der Waals surface area (Å²) in [5.41, 5.74) is 6.44. The molecule has 1 aliphatic rings. The molecule has 2 atom stereocenters. The second-order valence-electron chi connectivity index (χ2n) is 5.45. The fourth-order valence-electron chi connectivity index (χ4n) is 2.61. The molecule has 2 rings (SSSR count). The van der Waals surface area contributed by atoms with Gasteiger partial charge in [0, 0.05) is 19.1 Å². The first kappa shape index (κ1) is 15.4. The summed E-state index contributed by atoms with van der Waals surface area (Å²) in [7, 11) is -3.65. The van der Waals surface area contributed by atoms with E-state index in [1.807, 2.05) is 0 Å². The molecule has 0 spiro atoms. The van der Waals surface area contributed by atoms with Gasteiger partial charge in [-0.1, -0.05) is 19.4 Å². The van der Waals surface area contributed by atoms with E-state index in [4.69, 9.17) is 5.73 Å². The van der Waals surface area contributed by atoms with Crippen molar-refractivity contribution in [2.75, 3.05) is 13.1 Å². The SMILES string of the molecule is CCC[C@@H]1CN(S(=O)(=O)c2ccc(C)c(F)c2)C[C@H]1N. The first-order valence-electron chi connectivity index (χ1n) is 6.88. The number of rotatable bonds is 4. The Labute approximate surface area is 119 Å². The minimum Gasteiger partial charge on any atom is -0.326 e. The van der Waals surface area contributed by atoms with E-state index in [2.05, 4.69) is 6.92 Å². The van der Waals surface area contributed by atoms with E-state index in [1.54, 1.807) is 6.92 Å². The Morgan fingerprint density at radius 2 is 2.10 bits per heavy atom. The van der Waals surface area contributed by atoms with Crippen molar-refractivity contribution in [1.29, 1.82) is 0 Å². The number of sulfonamides is 1. The fourth-order valence-corrected chi connectivity index (χ4v) is 4.16. The lowest BCUT2D eigenvalue weighted by Gasteiger charge is -2.16. The highest BCUT2D eigenvalue weighted by Gasteiger charge is 2.37. The van der Waals surface area contributed by atoms with Gasteiger partial charge >= 0.3 is 0 Å². The van der Waals surface area contributed by atoms with E-state index in [0.717, 1.165) is 18.9 Å². The largest absolute Gasteiger partial charge is 0.326 e. The molecule has 20 heavy (non-hydrogen) atoms. The van der Waals surface area contributed by atoms with E-state index >= 15 is 0 Å². The summed E-state index contributed by atoms with van der Waals surface area (Å²) in [4.78, 5) is 0.00458. The van der Waals surface area contributed by atoms with E-state index in [9.17, 15) is 12.8 Å². The quantitative estimate of drug-likeness (QED) is 0.923. The van der Waals surface area contributed by atoms with Crippen molar-refractivity contribution in [2.45, 2.75) is 37.6 Å². The molecule has 1 aliphatic heterocycles. The van der Waals surface area contributed by atoms with Gasteiger partial charge < -0.3 is 5.73 Å². The van der Waals surface area contributed by atoms with Crippen LogP contribution < -0.4 is 5.73 Å². The predicted octanol–water partition coefficient (Wildman–Crippen LogP) is 1.88. The third-order valence-corrected chi connectivity index (χ3v) is 5.73. The molecule has 1 aromatic carbocycles. The molecule has 1 saturated heterocycles. The maximum Gasteiger partial charge on any atom is 0.243 e. The van der Waals surface area contributed by atoms with Gasteiger partial charge in [0.1, 0.15) is 5.82 Å². The van der Waals surface area contributed by atoms with Gasteiger partial charge in [0.25, 0.3) is 0 Å². The smallest absolute Gasteiger partial charge is 0.243 e. The van der Waals surface area contributed by atoms with E-state index in [1.165, 1.54) is 16.4 Å². The first-order valence-corrected chi connectivity index (χ1v) is 8.32. The maximum atomic E-state index is 13.6. The second kappa shape index (κ2) is 5.79. The topological polar surface area (TPSA) is 63.4 Å². The number of aryl methyl sites for hydroxylation is 1. The van der Waals surface area contributed by atoms with Gasteiger partial charge in [0.15, 0.2) is 0 Å². The molecule has 6 heteroatoms. The number of hydrogen-bond donors (Lipinski definition) is 1. The third kappa shape index (κ3) is 2.87. The summed E-state index contributed by atoms with van der Waals surface area (Å²) in [6.45, 7) is 4.39. The summed E-state index contributed by atoms with van der Waals surface area (Å²) in [5, 5.41) is 0. The number of nitrogens with zero attached hydrogens (tertiary/aromatic N) is 1. The summed E-state index contributed by atoms with van der Waals surface area (Å²) in [6.07, 6.45) is 1.89. The van der Waals surface area contributed by atoms with Crippen molar-refractivity contribution in [3.05, 3.63) is 29.6 Å². The van der Waals surface area contributed by atoms with Gasteiger partial charge in [-0.2, -0.15) is 4.31 Å². The van der Waals surface area contributed by atoms with E-state index in [-0.39, 0.29) is 16.9 Å². The van der Waals surface area contributed by atoms with Crippen LogP contribution in [-0.2, 0) is 10.0 Å². The fraction of sp³-hybridized carbons (Fsp3) is 0.571. The molecule has 1 fully saturated rings. The monoisotopic (exact) mass is 300 g/mol. The van der Waals surface area contributed by atoms with Crippen LogP contribution in [0.4, 0.5) is 4.39 Å². The van der Waals surface area contributed by atoms with Crippen molar-refractivity contribution < 1.29 is 12.8 Å². The Bertz CT molecular complexity index is 589. The highest BCUT2D eigenvalue weighted by molar-refractivity contribution is 7.89. The maximum absolute atomic E-state index is 13.6. The Hall–Kier alpha value is -0.980. The van der Waals surface area contributed by atoms with Gasteiger partial charge in [0.2, 0.25) is 10.0 Å². The van der Waals surface area contributed by atoms with Crippen LogP contribution in [0, 0.1) is 18.7 Å². The average Bonchev–Trinajstić information content (AvgIpc) is 2.75. The van der Waals surface area contributed by atoms with Crippen molar-refractivity contribution in [2.24, 2.45) is 11.7 Å². The molecular weight excluding hydrogens is 279 g/mol. The number of hydrogen-bond acceptors (Lipinski definition) is 3. The molecule has 0 aliphatic carbocycles. The van der Waals surface area contributed by atoms with Crippen LogP contribution in [0.5, 0.6) is 0 Å². The molecule has 0 amide bonds. The van der Waals surface area contributed by atoms with Crippen LogP contribution in [0.1, 0.15) is 25.3 Å². The van der Waals surface area contributed by atoms with Crippen molar-refractivity contribution in [3.63, 3.8) is 0 Å². The van der Waals surface area contributed by atoms with Crippen molar-refractivity contribution in [1.82, 2.24) is 4.31 Å². The summed E-state index contributed by atoms with van der Waals surface area (Å²) in [5.74, 6) is -0.315. The van der Waals surface area contributed by atoms with Crippen LogP contribution in [0.3, 0.4) is 0 Å². The lowest BCUT2D eigenvalue weighted by molar-refractivity contribution is 0.438. The highest BCUT2D eigenvalue weighted by atomic mass is 32.2. The minimum absolute atomic E-state index is 0.00458. The predicted molar refractivity (Wildman–Crippen MR) is 76.3 cm³/mol. The Morgan fingerprint density at radius 3 is 2.70 bits per heavy atom. The molecule has 0 bridgehead atoms. The molecule has 0 unspecified atom stereocenters. The molecule has 0 radical (unpaired) electrons. The van der Waals surface area contributed by atoms with Crippen LogP contribution in [-0.4, -0.2) is 31.9 Å². The lowest BCUT2D eigenvalue weighted by atomic mass is 9.99. The zero-order valence-electron chi connectivity index (χ0n) is 11.8. The normalized spacial score (nSPS) is 24.2. The van der Waals surface area contributed by atoms with Gasteiger partial charge in [0.05, 0.1) is 4.90 Å². The number of halogens is 1. The Kier molecular flexibility index (Phi) is 4.46. The van der Waals surface area contributed by atoms with Crippen molar-refractivity contribution in [3.8, 4) is 0 Å². The van der Waals surface area contributed by atoms with Crippen LogP contribution in [0.25, 0.3) is 0 Å². The standard InChI is InChI=1S/C14H21FN2O2S/c1-3-4-11-8-17(9-14(11)16)20(18,19)12-6-5-10(2)13(15)7-12/h5-7,11,14H,3-4,8-9,16H2,1-2H3/t11-,14-/m1/s1. The Morgan fingerprint density at radius 1 is 1.40 bits per heavy atom. The average molecular weight is 300 g/mol. The molecule has 2 N–H and O–H groups in total. The second-order valence-corrected chi connectivity index (χ2v) is 7.38. The zero-order chi connectivity index (χ0) is 14.9. The number of benzene rings is 1. The summed E-state index contributed by atoms with van der Waals surface area (Å²) >= 11 is 0. The highest BCUT2D eigenvalue weighted by Crippen LogP contribution is 2.27. The van der Waals surface area contributed by atoms with Gasteiger partial charge in [-0.05, 0) is 37.0 Å². The van der Waals surface area contributed by atoms with E-state index < -0.39 is 15.8 Å². The third-order valence-electron chi connectivity index (χ3n) is 3.90. The Balaban J connectivity index is 2.25. The molecule has 4 nitrogen and oxygen atoms in total. The molecule has 112 valence electrons. The van der Waals surface area contributed by atoms with Gasteiger partial charge in [-0.3, -0.25) is 0 Å². The molecule has 1 aromatic rings. The van der Waals surface area contributed by atoms with Gasteiger partial charge in [-0.25, -0.2) is 12.8 Å². The molecule has 0 aromatic heterocycles. The molecule has 0 saturated carbocycles.